The van der Waals surface area contributed by atoms with Crippen LogP contribution in [0.3, 0.4) is 0 Å². The molecule has 1 N–H and O–H groups in total. The summed E-state index contributed by atoms with van der Waals surface area (Å²) in [6.45, 7) is 9.87. The molecule has 0 saturated carbocycles. The number of carbonyl (C=O) groups is 1. The number of nitrogens with zero attached hydrogens (tertiary/aromatic N) is 4. The highest BCUT2D eigenvalue weighted by molar-refractivity contribution is 5.77. The van der Waals surface area contributed by atoms with Crippen LogP contribution in [0.2, 0.25) is 0 Å². The summed E-state index contributed by atoms with van der Waals surface area (Å²) in [7, 11) is 1.54. The lowest BCUT2D eigenvalue weighted by Crippen LogP contribution is -2.38. The first-order valence-electron chi connectivity index (χ1n) is 12.2. The van der Waals surface area contributed by atoms with Gasteiger partial charge in [0.1, 0.15) is 11.5 Å². The second kappa shape index (κ2) is 10.7. The van der Waals surface area contributed by atoms with Crippen molar-refractivity contribution < 1.29 is 23.5 Å². The third kappa shape index (κ3) is 6.03. The van der Waals surface area contributed by atoms with E-state index in [-0.39, 0.29) is 6.54 Å². The van der Waals surface area contributed by atoms with Crippen molar-refractivity contribution in [1.29, 1.82) is 0 Å². The van der Waals surface area contributed by atoms with Crippen molar-refractivity contribution in [3.8, 4) is 17.2 Å². The van der Waals surface area contributed by atoms with Gasteiger partial charge < -0.3 is 18.7 Å². The van der Waals surface area contributed by atoms with Gasteiger partial charge in [0.05, 0.1) is 12.2 Å². The van der Waals surface area contributed by atoms with E-state index in [0.29, 0.717) is 36.4 Å². The van der Waals surface area contributed by atoms with Gasteiger partial charge in [-0.1, -0.05) is 30.3 Å². The Morgan fingerprint density at radius 1 is 1.05 bits per heavy atom. The number of rotatable bonds is 10. The predicted octanol–water partition coefficient (Wildman–Crippen LogP) is 4.40. The normalized spacial score (nSPS) is 11.8. The first-order valence-corrected chi connectivity index (χ1v) is 12.2. The van der Waals surface area contributed by atoms with Gasteiger partial charge in [-0.05, 0) is 63.4 Å². The van der Waals surface area contributed by atoms with E-state index in [4.69, 9.17) is 18.6 Å². The summed E-state index contributed by atoms with van der Waals surface area (Å²) in [4.78, 5) is 30.2. The monoisotopic (exact) mass is 520 g/mol. The summed E-state index contributed by atoms with van der Waals surface area (Å²) in [6, 6.07) is 13.6. The first-order chi connectivity index (χ1) is 17.9. The number of benzene rings is 2. The van der Waals surface area contributed by atoms with Crippen LogP contribution in [0.15, 0.2) is 56.1 Å². The topological polar surface area (TPSA) is 124 Å². The average molecular weight is 521 g/mol. The molecular weight excluding hydrogens is 488 g/mol. The highest BCUT2D eigenvalue weighted by atomic mass is 16.5. The molecule has 0 radical (unpaired) electrons. The molecule has 4 aromatic rings. The van der Waals surface area contributed by atoms with E-state index in [1.165, 1.54) is 20.9 Å². The van der Waals surface area contributed by atoms with Crippen molar-refractivity contribution in [3.05, 3.63) is 87.1 Å². The second-order valence-electron chi connectivity index (χ2n) is 9.89. The van der Waals surface area contributed by atoms with Crippen LogP contribution in [0.25, 0.3) is 11.5 Å². The van der Waals surface area contributed by atoms with Crippen molar-refractivity contribution in [2.24, 2.45) is 7.05 Å². The largest absolute Gasteiger partial charge is 0.478 e. The lowest BCUT2D eigenvalue weighted by molar-refractivity contribution is -0.152. The van der Waals surface area contributed by atoms with Crippen molar-refractivity contribution in [1.82, 2.24) is 19.7 Å². The molecule has 2 aromatic heterocycles. The van der Waals surface area contributed by atoms with Gasteiger partial charge in [0.15, 0.2) is 5.60 Å². The summed E-state index contributed by atoms with van der Waals surface area (Å²) in [5.74, 6) is 0.501. The number of carboxylic acid groups (broad SMARTS) is 1. The van der Waals surface area contributed by atoms with Crippen LogP contribution < -0.4 is 10.5 Å². The number of aryl methyl sites for hydroxylation is 4. The molecule has 0 fully saturated rings. The lowest BCUT2D eigenvalue weighted by atomic mass is 10.0. The van der Waals surface area contributed by atoms with Crippen LogP contribution in [0.4, 0.5) is 0 Å². The maximum absolute atomic E-state index is 11.9. The quantitative estimate of drug-likeness (QED) is 0.324. The standard InChI is InChI=1S/C28H32N4O6/c1-17-12-20(13-18(2)24(17)38-28(4,5)26(33)34)14-32(16-23-30-31(6)27(35)37-23)15-22-19(3)36-25(29-22)21-10-8-7-9-11-21/h7-13H,14-16H2,1-6H3,(H,33,34). The van der Waals surface area contributed by atoms with E-state index >= 15 is 0 Å². The highest BCUT2D eigenvalue weighted by Crippen LogP contribution is 2.30. The summed E-state index contributed by atoms with van der Waals surface area (Å²) in [6.07, 6.45) is 0. The number of aromatic nitrogens is 3. The minimum absolute atomic E-state index is 0.269. The van der Waals surface area contributed by atoms with Crippen LogP contribution in [-0.2, 0) is 31.5 Å². The number of aliphatic carboxylic acids is 1. The minimum atomic E-state index is -1.36. The van der Waals surface area contributed by atoms with Gasteiger partial charge in [0.25, 0.3) is 0 Å². The smallest absolute Gasteiger partial charge is 0.436 e. The van der Waals surface area contributed by atoms with Gasteiger partial charge in [0, 0.05) is 25.7 Å². The Morgan fingerprint density at radius 2 is 1.71 bits per heavy atom. The molecule has 0 aliphatic carbocycles. The fourth-order valence-corrected chi connectivity index (χ4v) is 4.16. The van der Waals surface area contributed by atoms with Gasteiger partial charge in [-0.15, -0.1) is 5.10 Å². The van der Waals surface area contributed by atoms with Gasteiger partial charge in [-0.25, -0.2) is 14.6 Å². The molecule has 0 atom stereocenters. The fraction of sp³-hybridized carbons (Fsp3) is 0.357. The zero-order valence-corrected chi connectivity index (χ0v) is 22.4. The third-order valence-electron chi connectivity index (χ3n) is 6.18. The molecule has 0 spiro atoms. The molecule has 200 valence electrons. The zero-order valence-electron chi connectivity index (χ0n) is 22.4. The number of hydrogen-bond donors (Lipinski definition) is 1. The molecular formula is C28H32N4O6. The maximum atomic E-state index is 11.9. The van der Waals surface area contributed by atoms with Crippen molar-refractivity contribution in [2.75, 3.05) is 0 Å². The molecule has 2 aromatic carbocycles. The Kier molecular flexibility index (Phi) is 7.54. The summed E-state index contributed by atoms with van der Waals surface area (Å²) in [5.41, 5.74) is 2.91. The van der Waals surface area contributed by atoms with E-state index in [2.05, 4.69) is 10.00 Å². The first kappa shape index (κ1) is 26.9. The van der Waals surface area contributed by atoms with Crippen LogP contribution in [0.1, 0.15) is 47.9 Å². The third-order valence-corrected chi connectivity index (χ3v) is 6.18. The van der Waals surface area contributed by atoms with Gasteiger partial charge in [-0.3, -0.25) is 4.90 Å². The molecule has 0 bridgehead atoms. The van der Waals surface area contributed by atoms with Crippen LogP contribution in [0, 0.1) is 20.8 Å². The number of carboxylic acids is 1. The Bertz CT molecular complexity index is 1480. The zero-order chi connectivity index (χ0) is 27.6. The Morgan fingerprint density at radius 3 is 2.29 bits per heavy atom. The SMILES string of the molecule is Cc1cc(CN(Cc2nn(C)c(=O)o2)Cc2nc(-c3ccccc3)oc2C)cc(C)c1OC(C)(C)C(=O)O. The summed E-state index contributed by atoms with van der Waals surface area (Å²) >= 11 is 0. The van der Waals surface area contributed by atoms with E-state index in [1.807, 2.05) is 63.2 Å². The summed E-state index contributed by atoms with van der Waals surface area (Å²) < 4.78 is 18.3. The molecule has 0 amide bonds. The van der Waals surface area contributed by atoms with Crippen molar-refractivity contribution >= 4 is 5.97 Å². The van der Waals surface area contributed by atoms with Crippen LogP contribution in [-0.4, -0.2) is 36.3 Å². The summed E-state index contributed by atoms with van der Waals surface area (Å²) in [5, 5.41) is 13.7. The molecule has 10 heteroatoms. The molecule has 10 nitrogen and oxygen atoms in total. The minimum Gasteiger partial charge on any atom is -0.478 e. The molecule has 0 aliphatic rings. The van der Waals surface area contributed by atoms with Crippen molar-refractivity contribution in [3.63, 3.8) is 0 Å². The number of ether oxygens (including phenoxy) is 1. The van der Waals surface area contributed by atoms with Crippen molar-refractivity contribution in [2.45, 2.75) is 59.9 Å². The maximum Gasteiger partial charge on any atom is 0.436 e. The number of hydrogen-bond acceptors (Lipinski definition) is 8. The second-order valence-corrected chi connectivity index (χ2v) is 9.89. The van der Waals surface area contributed by atoms with E-state index in [0.717, 1.165) is 32.6 Å². The Labute approximate surface area is 220 Å². The van der Waals surface area contributed by atoms with E-state index in [1.54, 1.807) is 0 Å². The van der Waals surface area contributed by atoms with E-state index < -0.39 is 17.3 Å². The molecule has 4 rings (SSSR count). The predicted molar refractivity (Wildman–Crippen MR) is 140 cm³/mol. The molecule has 0 aliphatic heterocycles. The Hall–Kier alpha value is -4.18. The molecule has 38 heavy (non-hydrogen) atoms. The fourth-order valence-electron chi connectivity index (χ4n) is 4.16. The molecule has 0 saturated heterocycles. The average Bonchev–Trinajstić information content (AvgIpc) is 3.37. The van der Waals surface area contributed by atoms with Gasteiger partial charge >= 0.3 is 11.7 Å². The number of oxazole rings is 1. The van der Waals surface area contributed by atoms with Gasteiger partial charge in [0.2, 0.25) is 11.8 Å². The molecule has 2 heterocycles. The molecule has 0 unspecified atom stereocenters. The van der Waals surface area contributed by atoms with Crippen LogP contribution in [0.5, 0.6) is 5.75 Å². The highest BCUT2D eigenvalue weighted by Gasteiger charge is 2.30. The Balaban J connectivity index is 1.62. The van der Waals surface area contributed by atoms with Gasteiger partial charge in [-0.2, -0.15) is 4.68 Å². The van der Waals surface area contributed by atoms with Crippen LogP contribution >= 0.6 is 0 Å². The van der Waals surface area contributed by atoms with E-state index in [9.17, 15) is 14.7 Å². The lowest BCUT2D eigenvalue weighted by Gasteiger charge is -2.25.